The molecule has 1 fully saturated rings. The van der Waals surface area contributed by atoms with Crippen LogP contribution in [0.1, 0.15) is 23.1 Å². The number of aryl methyl sites for hydroxylation is 2. The second kappa shape index (κ2) is 4.88. The summed E-state index contributed by atoms with van der Waals surface area (Å²) in [7, 11) is 0. The zero-order chi connectivity index (χ0) is 11.5. The maximum absolute atomic E-state index is 5.99. The predicted molar refractivity (Wildman–Crippen MR) is 67.1 cm³/mol. The van der Waals surface area contributed by atoms with E-state index in [0.717, 1.165) is 25.4 Å². The summed E-state index contributed by atoms with van der Waals surface area (Å²) in [6, 6.07) is 4.30. The standard InChI is InChI=1S/C14H21NO/c1-10-4-5-11(2)14(12(10)3)16-9-13-6-7-15-8-13/h4-5,13,15H,6-9H2,1-3H3. The van der Waals surface area contributed by atoms with E-state index in [-0.39, 0.29) is 0 Å². The lowest BCUT2D eigenvalue weighted by molar-refractivity contribution is 0.257. The molecule has 0 aromatic heterocycles. The quantitative estimate of drug-likeness (QED) is 0.843. The van der Waals surface area contributed by atoms with E-state index in [4.69, 9.17) is 4.74 Å². The van der Waals surface area contributed by atoms with Gasteiger partial charge in [0.25, 0.3) is 0 Å². The Morgan fingerprint density at radius 2 is 2.00 bits per heavy atom. The number of nitrogens with one attached hydrogen (secondary N) is 1. The van der Waals surface area contributed by atoms with E-state index in [1.807, 2.05) is 0 Å². The van der Waals surface area contributed by atoms with E-state index in [9.17, 15) is 0 Å². The van der Waals surface area contributed by atoms with Gasteiger partial charge in [-0.1, -0.05) is 12.1 Å². The topological polar surface area (TPSA) is 21.3 Å². The van der Waals surface area contributed by atoms with Gasteiger partial charge in [-0.3, -0.25) is 0 Å². The molecule has 0 radical (unpaired) electrons. The molecule has 0 spiro atoms. The lowest BCUT2D eigenvalue weighted by Gasteiger charge is -2.16. The molecular formula is C14H21NO. The molecule has 1 aliphatic heterocycles. The lowest BCUT2D eigenvalue weighted by atomic mass is 10.1. The molecule has 88 valence electrons. The molecule has 1 atom stereocenters. The highest BCUT2D eigenvalue weighted by molar-refractivity contribution is 5.44. The third kappa shape index (κ3) is 2.38. The minimum Gasteiger partial charge on any atom is -0.493 e. The predicted octanol–water partition coefficient (Wildman–Crippen LogP) is 2.60. The summed E-state index contributed by atoms with van der Waals surface area (Å²) in [6.07, 6.45) is 1.24. The number of ether oxygens (including phenoxy) is 1. The van der Waals surface area contributed by atoms with Crippen molar-refractivity contribution in [1.82, 2.24) is 5.32 Å². The molecule has 2 heteroatoms. The highest BCUT2D eigenvalue weighted by Gasteiger charge is 2.16. The minimum atomic E-state index is 0.680. The third-order valence-corrected chi connectivity index (χ3v) is 3.50. The molecule has 1 aromatic carbocycles. The highest BCUT2D eigenvalue weighted by Crippen LogP contribution is 2.26. The normalized spacial score (nSPS) is 20.1. The van der Waals surface area contributed by atoms with Crippen molar-refractivity contribution in [1.29, 1.82) is 0 Å². The van der Waals surface area contributed by atoms with E-state index in [1.165, 1.54) is 23.1 Å². The molecule has 0 amide bonds. The summed E-state index contributed by atoms with van der Waals surface area (Å²) in [6.45, 7) is 9.49. The Balaban J connectivity index is 2.05. The highest BCUT2D eigenvalue weighted by atomic mass is 16.5. The molecule has 0 aliphatic carbocycles. The van der Waals surface area contributed by atoms with Gasteiger partial charge in [0.2, 0.25) is 0 Å². The van der Waals surface area contributed by atoms with Gasteiger partial charge in [-0.05, 0) is 50.4 Å². The molecule has 2 rings (SSSR count). The van der Waals surface area contributed by atoms with Crippen LogP contribution in [0.25, 0.3) is 0 Å². The van der Waals surface area contributed by atoms with Gasteiger partial charge in [-0.2, -0.15) is 0 Å². The average Bonchev–Trinajstić information content (AvgIpc) is 2.77. The van der Waals surface area contributed by atoms with Gasteiger partial charge >= 0.3 is 0 Å². The van der Waals surface area contributed by atoms with Crippen LogP contribution >= 0.6 is 0 Å². The number of hydrogen-bond donors (Lipinski definition) is 1. The molecule has 1 aliphatic rings. The number of hydrogen-bond acceptors (Lipinski definition) is 2. The fourth-order valence-corrected chi connectivity index (χ4v) is 2.21. The van der Waals surface area contributed by atoms with Crippen LogP contribution in [-0.4, -0.2) is 19.7 Å². The summed E-state index contributed by atoms with van der Waals surface area (Å²) in [5.41, 5.74) is 3.84. The Bertz CT molecular complexity index is 367. The van der Waals surface area contributed by atoms with Crippen molar-refractivity contribution >= 4 is 0 Å². The van der Waals surface area contributed by atoms with Crippen LogP contribution in [0.5, 0.6) is 5.75 Å². The Morgan fingerprint density at radius 3 is 2.69 bits per heavy atom. The molecule has 1 N–H and O–H groups in total. The van der Waals surface area contributed by atoms with Crippen LogP contribution in [0.15, 0.2) is 12.1 Å². The van der Waals surface area contributed by atoms with Gasteiger partial charge in [0.1, 0.15) is 5.75 Å². The molecule has 1 heterocycles. The van der Waals surface area contributed by atoms with Crippen molar-refractivity contribution in [3.8, 4) is 5.75 Å². The second-order valence-electron chi connectivity index (χ2n) is 4.82. The van der Waals surface area contributed by atoms with Crippen LogP contribution in [0.3, 0.4) is 0 Å². The molecule has 1 aromatic rings. The summed E-state index contributed by atoms with van der Waals surface area (Å²) in [5.74, 6) is 1.77. The van der Waals surface area contributed by atoms with Crippen LogP contribution in [0.4, 0.5) is 0 Å². The maximum Gasteiger partial charge on any atom is 0.125 e. The first-order chi connectivity index (χ1) is 7.68. The van der Waals surface area contributed by atoms with E-state index in [2.05, 4.69) is 38.2 Å². The number of rotatable bonds is 3. The minimum absolute atomic E-state index is 0.680. The summed E-state index contributed by atoms with van der Waals surface area (Å²) in [5, 5.41) is 3.37. The van der Waals surface area contributed by atoms with Gasteiger partial charge in [0.05, 0.1) is 6.61 Å². The molecule has 0 bridgehead atoms. The molecule has 1 unspecified atom stereocenters. The largest absolute Gasteiger partial charge is 0.493 e. The van der Waals surface area contributed by atoms with Crippen LogP contribution in [0.2, 0.25) is 0 Å². The number of benzene rings is 1. The van der Waals surface area contributed by atoms with Crippen molar-refractivity contribution in [3.63, 3.8) is 0 Å². The first-order valence-corrected chi connectivity index (χ1v) is 6.09. The van der Waals surface area contributed by atoms with E-state index in [1.54, 1.807) is 0 Å². The zero-order valence-corrected chi connectivity index (χ0v) is 10.5. The Kier molecular flexibility index (Phi) is 3.49. The fraction of sp³-hybridized carbons (Fsp3) is 0.571. The Labute approximate surface area is 98.0 Å². The summed E-state index contributed by atoms with van der Waals surface area (Å²) in [4.78, 5) is 0. The lowest BCUT2D eigenvalue weighted by Crippen LogP contribution is -2.16. The first kappa shape index (κ1) is 11.5. The average molecular weight is 219 g/mol. The molecule has 1 saturated heterocycles. The van der Waals surface area contributed by atoms with E-state index < -0.39 is 0 Å². The van der Waals surface area contributed by atoms with Crippen molar-refractivity contribution in [2.24, 2.45) is 5.92 Å². The summed E-state index contributed by atoms with van der Waals surface area (Å²) >= 11 is 0. The fourth-order valence-electron chi connectivity index (χ4n) is 2.21. The first-order valence-electron chi connectivity index (χ1n) is 6.09. The van der Waals surface area contributed by atoms with Crippen LogP contribution in [-0.2, 0) is 0 Å². The third-order valence-electron chi connectivity index (χ3n) is 3.50. The smallest absolute Gasteiger partial charge is 0.125 e. The van der Waals surface area contributed by atoms with Crippen LogP contribution in [0, 0.1) is 26.7 Å². The van der Waals surface area contributed by atoms with E-state index >= 15 is 0 Å². The van der Waals surface area contributed by atoms with Crippen molar-refractivity contribution in [3.05, 3.63) is 28.8 Å². The van der Waals surface area contributed by atoms with Gasteiger partial charge in [-0.25, -0.2) is 0 Å². The maximum atomic E-state index is 5.99. The van der Waals surface area contributed by atoms with Crippen molar-refractivity contribution < 1.29 is 4.74 Å². The summed E-state index contributed by atoms with van der Waals surface area (Å²) < 4.78 is 5.99. The van der Waals surface area contributed by atoms with E-state index in [0.29, 0.717) is 5.92 Å². The molecular weight excluding hydrogens is 198 g/mol. The molecule has 16 heavy (non-hydrogen) atoms. The monoisotopic (exact) mass is 219 g/mol. The van der Waals surface area contributed by atoms with Gasteiger partial charge in [0, 0.05) is 12.5 Å². The molecule has 2 nitrogen and oxygen atoms in total. The van der Waals surface area contributed by atoms with Crippen molar-refractivity contribution in [2.75, 3.05) is 19.7 Å². The van der Waals surface area contributed by atoms with Crippen molar-refractivity contribution in [2.45, 2.75) is 27.2 Å². The Hall–Kier alpha value is -1.02. The van der Waals surface area contributed by atoms with Crippen LogP contribution < -0.4 is 10.1 Å². The van der Waals surface area contributed by atoms with Gasteiger partial charge in [0.15, 0.2) is 0 Å². The zero-order valence-electron chi connectivity index (χ0n) is 10.5. The van der Waals surface area contributed by atoms with Gasteiger partial charge in [-0.15, -0.1) is 0 Å². The molecule has 0 saturated carbocycles. The second-order valence-corrected chi connectivity index (χ2v) is 4.82. The SMILES string of the molecule is Cc1ccc(C)c(OCC2CCNC2)c1C. The Morgan fingerprint density at radius 1 is 1.25 bits per heavy atom. The van der Waals surface area contributed by atoms with Gasteiger partial charge < -0.3 is 10.1 Å².